The van der Waals surface area contributed by atoms with Crippen molar-refractivity contribution in [3.8, 4) is 0 Å². The van der Waals surface area contributed by atoms with E-state index in [4.69, 9.17) is 5.73 Å². The maximum absolute atomic E-state index is 12.3. The molecule has 3 heteroatoms. The third-order valence-electron chi connectivity index (χ3n) is 4.45. The molecular formula is C18H28N2O. The number of nitrogens with two attached hydrogens (primary N) is 1. The summed E-state index contributed by atoms with van der Waals surface area (Å²) in [7, 11) is 0. The van der Waals surface area contributed by atoms with Gasteiger partial charge in [0.05, 0.1) is 0 Å². The Kier molecular flexibility index (Phi) is 6.24. The van der Waals surface area contributed by atoms with Gasteiger partial charge in [-0.05, 0) is 44.1 Å². The zero-order valence-electron chi connectivity index (χ0n) is 13.1. The molecule has 116 valence electrons. The lowest BCUT2D eigenvalue weighted by Gasteiger charge is -2.20. The average molecular weight is 288 g/mol. The molecule has 0 aromatic heterocycles. The number of carbonyl (C=O) groups is 1. The number of hydrogen-bond acceptors (Lipinski definition) is 2. The molecular weight excluding hydrogens is 260 g/mol. The molecule has 2 rings (SSSR count). The summed E-state index contributed by atoms with van der Waals surface area (Å²) in [5.41, 5.74) is 7.25. The summed E-state index contributed by atoms with van der Waals surface area (Å²) in [5, 5.41) is 3.26. The molecule has 1 amide bonds. The number of rotatable bonds is 7. The predicted molar refractivity (Wildman–Crippen MR) is 86.9 cm³/mol. The second-order valence-electron chi connectivity index (χ2n) is 6.29. The molecule has 0 spiro atoms. The summed E-state index contributed by atoms with van der Waals surface area (Å²) in [6.45, 7) is 2.17. The van der Waals surface area contributed by atoms with Gasteiger partial charge in [-0.3, -0.25) is 4.79 Å². The Morgan fingerprint density at radius 3 is 2.67 bits per heavy atom. The van der Waals surface area contributed by atoms with E-state index in [-0.39, 0.29) is 17.9 Å². The van der Waals surface area contributed by atoms with Crippen LogP contribution in [0.4, 0.5) is 0 Å². The molecule has 0 aliphatic heterocycles. The molecule has 1 aromatic carbocycles. The Balaban J connectivity index is 1.82. The summed E-state index contributed by atoms with van der Waals surface area (Å²) in [6.07, 6.45) is 6.98. The standard InChI is InChI=1S/C18H28N2O/c1-2-6-17(12-9-14-7-4-3-5-8-14)20-18(21)15-10-11-16(19)13-15/h3-5,7-8,15-17H,2,6,9-13,19H2,1H3,(H,20,21). The highest BCUT2D eigenvalue weighted by Gasteiger charge is 2.28. The molecule has 3 unspecified atom stereocenters. The first-order valence-electron chi connectivity index (χ1n) is 8.29. The molecule has 21 heavy (non-hydrogen) atoms. The zero-order valence-corrected chi connectivity index (χ0v) is 13.1. The molecule has 0 heterocycles. The van der Waals surface area contributed by atoms with Gasteiger partial charge in [0.2, 0.25) is 5.91 Å². The van der Waals surface area contributed by atoms with E-state index in [0.29, 0.717) is 6.04 Å². The SMILES string of the molecule is CCCC(CCc1ccccc1)NC(=O)C1CCC(N)C1. The Morgan fingerprint density at radius 1 is 1.29 bits per heavy atom. The summed E-state index contributed by atoms with van der Waals surface area (Å²) in [5.74, 6) is 0.352. The number of benzene rings is 1. The van der Waals surface area contributed by atoms with Crippen molar-refractivity contribution in [1.82, 2.24) is 5.32 Å². The Bertz CT molecular complexity index is 432. The Morgan fingerprint density at radius 2 is 2.05 bits per heavy atom. The zero-order chi connectivity index (χ0) is 15.1. The van der Waals surface area contributed by atoms with E-state index in [1.54, 1.807) is 0 Å². The summed E-state index contributed by atoms with van der Waals surface area (Å²) in [4.78, 5) is 12.3. The molecule has 1 fully saturated rings. The van der Waals surface area contributed by atoms with E-state index >= 15 is 0 Å². The first-order valence-corrected chi connectivity index (χ1v) is 8.29. The highest BCUT2D eigenvalue weighted by atomic mass is 16.1. The summed E-state index contributed by atoms with van der Waals surface area (Å²) in [6, 6.07) is 11.0. The number of hydrogen-bond donors (Lipinski definition) is 2. The lowest BCUT2D eigenvalue weighted by molar-refractivity contribution is -0.125. The average Bonchev–Trinajstić information content (AvgIpc) is 2.93. The van der Waals surface area contributed by atoms with Crippen LogP contribution in [0.15, 0.2) is 30.3 Å². The summed E-state index contributed by atoms with van der Waals surface area (Å²) < 4.78 is 0. The van der Waals surface area contributed by atoms with Crippen molar-refractivity contribution in [1.29, 1.82) is 0 Å². The topological polar surface area (TPSA) is 55.1 Å². The van der Waals surface area contributed by atoms with Crippen LogP contribution >= 0.6 is 0 Å². The fraction of sp³-hybridized carbons (Fsp3) is 0.611. The van der Waals surface area contributed by atoms with Crippen LogP contribution in [-0.4, -0.2) is 18.0 Å². The Labute approximate surface area is 128 Å². The van der Waals surface area contributed by atoms with Crippen LogP contribution in [0.25, 0.3) is 0 Å². The number of carbonyl (C=O) groups excluding carboxylic acids is 1. The van der Waals surface area contributed by atoms with Crippen molar-refractivity contribution >= 4 is 5.91 Å². The second-order valence-corrected chi connectivity index (χ2v) is 6.29. The van der Waals surface area contributed by atoms with Crippen molar-refractivity contribution in [2.75, 3.05) is 0 Å². The van der Waals surface area contributed by atoms with Gasteiger partial charge in [-0.1, -0.05) is 43.7 Å². The maximum Gasteiger partial charge on any atom is 0.223 e. The van der Waals surface area contributed by atoms with Gasteiger partial charge < -0.3 is 11.1 Å². The van der Waals surface area contributed by atoms with Crippen LogP contribution in [-0.2, 0) is 11.2 Å². The monoisotopic (exact) mass is 288 g/mol. The smallest absolute Gasteiger partial charge is 0.223 e. The minimum Gasteiger partial charge on any atom is -0.353 e. The van der Waals surface area contributed by atoms with Gasteiger partial charge in [-0.15, -0.1) is 0 Å². The minimum atomic E-state index is 0.135. The molecule has 1 aliphatic rings. The highest BCUT2D eigenvalue weighted by molar-refractivity contribution is 5.79. The molecule has 0 radical (unpaired) electrons. The fourth-order valence-electron chi connectivity index (χ4n) is 3.20. The van der Waals surface area contributed by atoms with Crippen LogP contribution in [0.3, 0.4) is 0 Å². The van der Waals surface area contributed by atoms with Gasteiger partial charge >= 0.3 is 0 Å². The van der Waals surface area contributed by atoms with Crippen LogP contribution in [0, 0.1) is 5.92 Å². The van der Waals surface area contributed by atoms with Crippen LogP contribution in [0.2, 0.25) is 0 Å². The highest BCUT2D eigenvalue weighted by Crippen LogP contribution is 2.24. The number of amides is 1. The van der Waals surface area contributed by atoms with Crippen molar-refractivity contribution in [3.05, 3.63) is 35.9 Å². The van der Waals surface area contributed by atoms with Gasteiger partial charge in [-0.2, -0.15) is 0 Å². The third-order valence-corrected chi connectivity index (χ3v) is 4.45. The second kappa shape index (κ2) is 8.18. The van der Waals surface area contributed by atoms with Crippen molar-refractivity contribution in [3.63, 3.8) is 0 Å². The van der Waals surface area contributed by atoms with Crippen LogP contribution < -0.4 is 11.1 Å². The van der Waals surface area contributed by atoms with E-state index in [1.165, 1.54) is 5.56 Å². The van der Waals surface area contributed by atoms with Gasteiger partial charge in [-0.25, -0.2) is 0 Å². The van der Waals surface area contributed by atoms with Crippen molar-refractivity contribution < 1.29 is 4.79 Å². The molecule has 1 saturated carbocycles. The number of nitrogens with one attached hydrogen (secondary N) is 1. The number of aryl methyl sites for hydroxylation is 1. The minimum absolute atomic E-state index is 0.135. The van der Waals surface area contributed by atoms with Crippen LogP contribution in [0.5, 0.6) is 0 Å². The largest absolute Gasteiger partial charge is 0.353 e. The predicted octanol–water partition coefficient (Wildman–Crippen LogP) is 3.03. The first-order chi connectivity index (χ1) is 10.2. The molecule has 1 aliphatic carbocycles. The quantitative estimate of drug-likeness (QED) is 0.810. The normalized spacial score (nSPS) is 23.0. The van der Waals surface area contributed by atoms with Crippen LogP contribution in [0.1, 0.15) is 51.0 Å². The lowest BCUT2D eigenvalue weighted by Crippen LogP contribution is -2.39. The van der Waals surface area contributed by atoms with Gasteiger partial charge in [0.15, 0.2) is 0 Å². The van der Waals surface area contributed by atoms with E-state index in [9.17, 15) is 4.79 Å². The molecule has 0 saturated heterocycles. The van der Waals surface area contributed by atoms with E-state index < -0.39 is 0 Å². The maximum atomic E-state index is 12.3. The molecule has 3 N–H and O–H groups in total. The van der Waals surface area contributed by atoms with E-state index in [1.807, 2.05) is 6.07 Å². The lowest BCUT2D eigenvalue weighted by atomic mass is 10.00. The van der Waals surface area contributed by atoms with E-state index in [0.717, 1.165) is 44.9 Å². The first kappa shape index (κ1) is 16.0. The van der Waals surface area contributed by atoms with Crippen molar-refractivity contribution in [2.45, 2.75) is 64.0 Å². The third kappa shape index (κ3) is 5.16. The summed E-state index contributed by atoms with van der Waals surface area (Å²) >= 11 is 0. The van der Waals surface area contributed by atoms with Gasteiger partial charge in [0.1, 0.15) is 0 Å². The molecule has 1 aromatic rings. The van der Waals surface area contributed by atoms with Gasteiger partial charge in [0.25, 0.3) is 0 Å². The van der Waals surface area contributed by atoms with E-state index in [2.05, 4.69) is 36.5 Å². The molecule has 0 bridgehead atoms. The van der Waals surface area contributed by atoms with Gasteiger partial charge in [0, 0.05) is 18.0 Å². The van der Waals surface area contributed by atoms with Crippen molar-refractivity contribution in [2.24, 2.45) is 11.7 Å². The molecule has 3 nitrogen and oxygen atoms in total. The molecule has 3 atom stereocenters. The Hall–Kier alpha value is -1.35. The fourth-order valence-corrected chi connectivity index (χ4v) is 3.20.